The predicted molar refractivity (Wildman–Crippen MR) is 70.7 cm³/mol. The van der Waals surface area contributed by atoms with Gasteiger partial charge in [0.25, 0.3) is 0 Å². The molecule has 15 heavy (non-hydrogen) atoms. The maximum absolute atomic E-state index is 4.46. The maximum Gasteiger partial charge on any atom is 0.128 e. The molecule has 0 bridgehead atoms. The summed E-state index contributed by atoms with van der Waals surface area (Å²) in [6.07, 6.45) is 5.85. The molecule has 0 saturated heterocycles. The van der Waals surface area contributed by atoms with Gasteiger partial charge in [0.2, 0.25) is 0 Å². The van der Waals surface area contributed by atoms with Crippen molar-refractivity contribution in [3.63, 3.8) is 0 Å². The van der Waals surface area contributed by atoms with Crippen molar-refractivity contribution >= 4 is 37.7 Å². The summed E-state index contributed by atoms with van der Waals surface area (Å²) in [5, 5.41) is 1.00. The number of aromatic nitrogens is 1. The second-order valence-electron chi connectivity index (χ2n) is 3.80. The molecule has 2 rings (SSSR count). The van der Waals surface area contributed by atoms with Crippen molar-refractivity contribution in [3.05, 3.63) is 22.8 Å². The first-order valence-electron chi connectivity index (χ1n) is 5.25. The van der Waals surface area contributed by atoms with Crippen molar-refractivity contribution < 1.29 is 0 Å². The quantitative estimate of drug-likeness (QED) is 0.783. The fourth-order valence-corrected chi connectivity index (χ4v) is 2.43. The molecule has 0 spiro atoms. The second-order valence-corrected chi connectivity index (χ2v) is 5.51. The zero-order chi connectivity index (χ0) is 10.7. The Morgan fingerprint density at radius 2 is 2.20 bits per heavy atom. The number of rotatable bonds is 4. The standard InChI is InChI=1S/C11H14Br2N2/c12-6-7-15(10-2-1-3-10)11-5-4-9(13)8-14-11/h4-5,8,10H,1-3,6-7H2. The van der Waals surface area contributed by atoms with E-state index in [1.807, 2.05) is 6.20 Å². The molecule has 0 atom stereocenters. The van der Waals surface area contributed by atoms with Crippen LogP contribution in [0, 0.1) is 0 Å². The summed E-state index contributed by atoms with van der Waals surface area (Å²) in [7, 11) is 0. The molecule has 1 aliphatic carbocycles. The number of anilines is 1. The number of halogens is 2. The van der Waals surface area contributed by atoms with Crippen molar-refractivity contribution in [2.45, 2.75) is 25.3 Å². The Morgan fingerprint density at radius 3 is 2.67 bits per heavy atom. The van der Waals surface area contributed by atoms with Crippen LogP contribution in [0.2, 0.25) is 0 Å². The van der Waals surface area contributed by atoms with Gasteiger partial charge in [0.15, 0.2) is 0 Å². The highest BCUT2D eigenvalue weighted by Crippen LogP contribution is 2.28. The number of hydrogen-bond acceptors (Lipinski definition) is 2. The first-order valence-corrected chi connectivity index (χ1v) is 7.17. The van der Waals surface area contributed by atoms with E-state index in [-0.39, 0.29) is 0 Å². The van der Waals surface area contributed by atoms with E-state index in [1.54, 1.807) is 0 Å². The van der Waals surface area contributed by atoms with E-state index in [9.17, 15) is 0 Å². The van der Waals surface area contributed by atoms with Gasteiger partial charge in [-0.1, -0.05) is 15.9 Å². The van der Waals surface area contributed by atoms with E-state index in [0.717, 1.165) is 22.2 Å². The van der Waals surface area contributed by atoms with E-state index >= 15 is 0 Å². The average Bonchev–Trinajstić information content (AvgIpc) is 2.16. The Bertz CT molecular complexity index is 309. The van der Waals surface area contributed by atoms with Gasteiger partial charge in [0, 0.05) is 28.6 Å². The molecule has 1 aliphatic rings. The zero-order valence-electron chi connectivity index (χ0n) is 8.50. The van der Waals surface area contributed by atoms with E-state index in [4.69, 9.17) is 0 Å². The molecule has 0 radical (unpaired) electrons. The van der Waals surface area contributed by atoms with Crippen LogP contribution in [0.25, 0.3) is 0 Å². The van der Waals surface area contributed by atoms with Gasteiger partial charge in [-0.05, 0) is 47.3 Å². The lowest BCUT2D eigenvalue weighted by molar-refractivity contribution is 0.389. The fourth-order valence-electron chi connectivity index (χ4n) is 1.81. The van der Waals surface area contributed by atoms with E-state index in [2.05, 4.69) is 53.9 Å². The minimum Gasteiger partial charge on any atom is -0.353 e. The van der Waals surface area contributed by atoms with E-state index in [0.29, 0.717) is 6.04 Å². The van der Waals surface area contributed by atoms with Crippen LogP contribution in [0.5, 0.6) is 0 Å². The summed E-state index contributed by atoms with van der Waals surface area (Å²) < 4.78 is 1.04. The highest BCUT2D eigenvalue weighted by molar-refractivity contribution is 9.10. The summed E-state index contributed by atoms with van der Waals surface area (Å²) in [6.45, 7) is 1.04. The molecule has 0 N–H and O–H groups in total. The van der Waals surface area contributed by atoms with Crippen LogP contribution in [0.3, 0.4) is 0 Å². The van der Waals surface area contributed by atoms with Gasteiger partial charge < -0.3 is 4.90 Å². The van der Waals surface area contributed by atoms with Crippen LogP contribution in [-0.4, -0.2) is 22.9 Å². The number of alkyl halides is 1. The van der Waals surface area contributed by atoms with Crippen molar-refractivity contribution in [3.8, 4) is 0 Å². The Kier molecular flexibility index (Phi) is 4.03. The lowest BCUT2D eigenvalue weighted by Crippen LogP contribution is -2.41. The van der Waals surface area contributed by atoms with Gasteiger partial charge in [-0.25, -0.2) is 4.98 Å². The van der Waals surface area contributed by atoms with Crippen LogP contribution < -0.4 is 4.90 Å². The van der Waals surface area contributed by atoms with Gasteiger partial charge in [-0.2, -0.15) is 0 Å². The molecular weight excluding hydrogens is 320 g/mol. The molecule has 2 nitrogen and oxygen atoms in total. The summed E-state index contributed by atoms with van der Waals surface area (Å²) in [6, 6.07) is 4.85. The molecule has 0 aliphatic heterocycles. The third kappa shape index (κ3) is 2.72. The summed E-state index contributed by atoms with van der Waals surface area (Å²) >= 11 is 6.92. The van der Waals surface area contributed by atoms with E-state index in [1.165, 1.54) is 19.3 Å². The van der Waals surface area contributed by atoms with Gasteiger partial charge in [0.05, 0.1) is 0 Å². The third-order valence-corrected chi connectivity index (χ3v) is 3.67. The SMILES string of the molecule is BrCCN(c1ccc(Br)cn1)C1CCC1. The normalized spacial score (nSPS) is 16.1. The lowest BCUT2D eigenvalue weighted by atomic mass is 9.91. The molecule has 82 valence electrons. The van der Waals surface area contributed by atoms with Gasteiger partial charge in [-0.15, -0.1) is 0 Å². The lowest BCUT2D eigenvalue weighted by Gasteiger charge is -2.38. The highest BCUT2D eigenvalue weighted by atomic mass is 79.9. The number of nitrogens with zero attached hydrogens (tertiary/aromatic N) is 2. The van der Waals surface area contributed by atoms with Crippen LogP contribution >= 0.6 is 31.9 Å². The minimum atomic E-state index is 0.705. The summed E-state index contributed by atoms with van der Waals surface area (Å²) in [5.74, 6) is 1.10. The average molecular weight is 334 g/mol. The van der Waals surface area contributed by atoms with Crippen LogP contribution in [0.1, 0.15) is 19.3 Å². The summed E-state index contributed by atoms with van der Waals surface area (Å²) in [4.78, 5) is 6.87. The molecule has 0 aromatic carbocycles. The molecule has 1 aromatic heterocycles. The number of hydrogen-bond donors (Lipinski definition) is 0. The maximum atomic E-state index is 4.46. The molecule has 1 saturated carbocycles. The fraction of sp³-hybridized carbons (Fsp3) is 0.545. The van der Waals surface area contributed by atoms with E-state index < -0.39 is 0 Å². The van der Waals surface area contributed by atoms with Crippen molar-refractivity contribution in [1.82, 2.24) is 4.98 Å². The molecule has 4 heteroatoms. The Morgan fingerprint density at radius 1 is 1.40 bits per heavy atom. The topological polar surface area (TPSA) is 16.1 Å². The monoisotopic (exact) mass is 332 g/mol. The Balaban J connectivity index is 2.12. The first kappa shape index (κ1) is 11.4. The zero-order valence-corrected chi connectivity index (χ0v) is 11.7. The third-order valence-electron chi connectivity index (χ3n) is 2.85. The predicted octanol–water partition coefficient (Wildman–Crippen LogP) is 3.60. The molecular formula is C11H14Br2N2. The van der Waals surface area contributed by atoms with Crippen LogP contribution in [0.15, 0.2) is 22.8 Å². The van der Waals surface area contributed by atoms with Crippen molar-refractivity contribution in [2.75, 3.05) is 16.8 Å². The first-order chi connectivity index (χ1) is 7.31. The Hall–Kier alpha value is -0.0900. The van der Waals surface area contributed by atoms with Gasteiger partial charge in [-0.3, -0.25) is 0 Å². The van der Waals surface area contributed by atoms with Crippen molar-refractivity contribution in [1.29, 1.82) is 0 Å². The largest absolute Gasteiger partial charge is 0.353 e. The summed E-state index contributed by atoms with van der Waals surface area (Å²) in [5.41, 5.74) is 0. The highest BCUT2D eigenvalue weighted by Gasteiger charge is 2.25. The minimum absolute atomic E-state index is 0.705. The number of pyridine rings is 1. The van der Waals surface area contributed by atoms with Gasteiger partial charge in [0.1, 0.15) is 5.82 Å². The molecule has 0 amide bonds. The Labute approximate surface area is 107 Å². The van der Waals surface area contributed by atoms with Crippen LogP contribution in [0.4, 0.5) is 5.82 Å². The van der Waals surface area contributed by atoms with Gasteiger partial charge >= 0.3 is 0 Å². The molecule has 1 heterocycles. The second kappa shape index (κ2) is 5.30. The molecule has 1 fully saturated rings. The van der Waals surface area contributed by atoms with Crippen molar-refractivity contribution in [2.24, 2.45) is 0 Å². The molecule has 0 unspecified atom stereocenters. The molecule has 1 aromatic rings. The smallest absolute Gasteiger partial charge is 0.128 e. The van der Waals surface area contributed by atoms with Crippen LogP contribution in [-0.2, 0) is 0 Å².